The van der Waals surface area contributed by atoms with Gasteiger partial charge in [0, 0.05) is 19.2 Å². The summed E-state index contributed by atoms with van der Waals surface area (Å²) in [6.07, 6.45) is 1.25. The van der Waals surface area contributed by atoms with Crippen LogP contribution in [0.4, 0.5) is 4.39 Å². The van der Waals surface area contributed by atoms with Crippen LogP contribution in [0.2, 0.25) is 0 Å². The second kappa shape index (κ2) is 7.86. The first-order valence-corrected chi connectivity index (χ1v) is 7.20. The first-order chi connectivity index (χ1) is 10.2. The van der Waals surface area contributed by atoms with E-state index in [-0.39, 0.29) is 11.9 Å². The molecule has 0 bridgehead atoms. The average molecular weight is 288 g/mol. The molecular formula is C17H21FN2O. The molecule has 0 aliphatic carbocycles. The Hall–Kier alpha value is -1.78. The van der Waals surface area contributed by atoms with Crippen molar-refractivity contribution in [2.75, 3.05) is 6.61 Å². The molecule has 0 saturated carbocycles. The molecule has 1 N–H and O–H groups in total. The molecule has 0 fully saturated rings. The number of ether oxygens (including phenoxy) is 1. The molecular weight excluding hydrogens is 267 g/mol. The second-order valence-electron chi connectivity index (χ2n) is 4.91. The van der Waals surface area contributed by atoms with E-state index in [9.17, 15) is 4.39 Å². The zero-order chi connectivity index (χ0) is 15.1. The number of benzene rings is 1. The summed E-state index contributed by atoms with van der Waals surface area (Å²) < 4.78 is 18.4. The van der Waals surface area contributed by atoms with E-state index in [0.29, 0.717) is 13.2 Å². The minimum atomic E-state index is -0.312. The van der Waals surface area contributed by atoms with Gasteiger partial charge in [-0.15, -0.1) is 0 Å². The number of pyridine rings is 1. The van der Waals surface area contributed by atoms with Crippen LogP contribution in [0.3, 0.4) is 0 Å². The molecule has 112 valence electrons. The van der Waals surface area contributed by atoms with Crippen molar-refractivity contribution in [3.8, 4) is 0 Å². The summed E-state index contributed by atoms with van der Waals surface area (Å²) in [5, 5.41) is 3.41. The van der Waals surface area contributed by atoms with Crippen LogP contribution in [-0.4, -0.2) is 11.6 Å². The van der Waals surface area contributed by atoms with E-state index in [1.165, 1.54) is 23.4 Å². The predicted molar refractivity (Wildman–Crippen MR) is 81.2 cm³/mol. The van der Waals surface area contributed by atoms with E-state index >= 15 is 0 Å². The molecule has 0 radical (unpaired) electrons. The van der Waals surface area contributed by atoms with Gasteiger partial charge in [-0.1, -0.05) is 24.3 Å². The maximum absolute atomic E-state index is 12.9. The summed E-state index contributed by atoms with van der Waals surface area (Å²) >= 11 is 0. The third kappa shape index (κ3) is 4.62. The predicted octanol–water partition coefficient (Wildman–Crippen LogP) is 3.61. The lowest BCUT2D eigenvalue weighted by Crippen LogP contribution is -2.20. The van der Waals surface area contributed by atoms with Crippen molar-refractivity contribution >= 4 is 0 Å². The highest BCUT2D eigenvalue weighted by Crippen LogP contribution is 2.14. The molecule has 0 saturated heterocycles. The van der Waals surface area contributed by atoms with Gasteiger partial charge in [-0.3, -0.25) is 4.98 Å². The number of halogens is 1. The summed E-state index contributed by atoms with van der Waals surface area (Å²) in [5.41, 5.74) is 3.23. The van der Waals surface area contributed by atoms with Gasteiger partial charge in [-0.25, -0.2) is 4.39 Å². The molecule has 4 heteroatoms. The normalized spacial score (nSPS) is 12.3. The summed E-state index contributed by atoms with van der Waals surface area (Å²) in [6, 6.07) is 11.4. The van der Waals surface area contributed by atoms with Crippen molar-refractivity contribution < 1.29 is 9.13 Å². The third-order valence-electron chi connectivity index (χ3n) is 3.37. The van der Waals surface area contributed by atoms with Crippen LogP contribution in [-0.2, 0) is 17.9 Å². The van der Waals surface area contributed by atoms with Crippen molar-refractivity contribution in [1.29, 1.82) is 0 Å². The molecule has 1 heterocycles. The Morgan fingerprint density at radius 1 is 1.19 bits per heavy atom. The van der Waals surface area contributed by atoms with E-state index in [1.807, 2.05) is 26.0 Å². The van der Waals surface area contributed by atoms with Gasteiger partial charge in [-0.2, -0.15) is 0 Å². The second-order valence-corrected chi connectivity index (χ2v) is 4.91. The van der Waals surface area contributed by atoms with E-state index in [2.05, 4.69) is 22.4 Å². The van der Waals surface area contributed by atoms with Crippen LogP contribution in [0.25, 0.3) is 0 Å². The molecule has 1 unspecified atom stereocenters. The van der Waals surface area contributed by atoms with Gasteiger partial charge < -0.3 is 10.1 Å². The number of rotatable bonds is 7. The standard InChI is InChI=1S/C17H21FN2O/c1-3-21-12-15-7-5-4-6-14(15)10-19-13(2)17-9-8-16(18)11-20-17/h4-9,11,13,19H,3,10,12H2,1-2H3. The first kappa shape index (κ1) is 15.6. The summed E-state index contributed by atoms with van der Waals surface area (Å²) in [7, 11) is 0. The Morgan fingerprint density at radius 2 is 1.95 bits per heavy atom. The Morgan fingerprint density at radius 3 is 2.62 bits per heavy atom. The lowest BCUT2D eigenvalue weighted by atomic mass is 10.1. The van der Waals surface area contributed by atoms with Crippen molar-refractivity contribution in [2.24, 2.45) is 0 Å². The van der Waals surface area contributed by atoms with Crippen LogP contribution < -0.4 is 5.32 Å². The Balaban J connectivity index is 1.97. The lowest BCUT2D eigenvalue weighted by molar-refractivity contribution is 0.133. The fourth-order valence-corrected chi connectivity index (χ4v) is 2.09. The molecule has 0 amide bonds. The molecule has 2 aromatic rings. The molecule has 1 aromatic carbocycles. The van der Waals surface area contributed by atoms with E-state index in [0.717, 1.165) is 12.2 Å². The number of nitrogens with one attached hydrogen (secondary N) is 1. The van der Waals surface area contributed by atoms with Crippen LogP contribution >= 0.6 is 0 Å². The molecule has 0 spiro atoms. The summed E-state index contributed by atoms with van der Waals surface area (Å²) in [4.78, 5) is 4.10. The fourth-order valence-electron chi connectivity index (χ4n) is 2.09. The van der Waals surface area contributed by atoms with Crippen LogP contribution in [0.1, 0.15) is 36.7 Å². The zero-order valence-corrected chi connectivity index (χ0v) is 12.5. The van der Waals surface area contributed by atoms with Gasteiger partial charge >= 0.3 is 0 Å². The van der Waals surface area contributed by atoms with Gasteiger partial charge in [0.25, 0.3) is 0 Å². The molecule has 1 atom stereocenters. The van der Waals surface area contributed by atoms with E-state index in [4.69, 9.17) is 4.74 Å². The quantitative estimate of drug-likeness (QED) is 0.845. The highest BCUT2D eigenvalue weighted by molar-refractivity contribution is 5.26. The zero-order valence-electron chi connectivity index (χ0n) is 12.5. The molecule has 0 aliphatic heterocycles. The molecule has 3 nitrogen and oxygen atoms in total. The maximum atomic E-state index is 12.9. The largest absolute Gasteiger partial charge is 0.377 e. The SMILES string of the molecule is CCOCc1ccccc1CNC(C)c1ccc(F)cn1. The Bertz CT molecular complexity index is 557. The van der Waals surface area contributed by atoms with Crippen LogP contribution in [0.15, 0.2) is 42.6 Å². The highest BCUT2D eigenvalue weighted by Gasteiger charge is 2.08. The van der Waals surface area contributed by atoms with Crippen molar-refractivity contribution in [3.05, 3.63) is 65.2 Å². The molecule has 0 aliphatic rings. The maximum Gasteiger partial charge on any atom is 0.141 e. The number of aromatic nitrogens is 1. The number of nitrogens with zero attached hydrogens (tertiary/aromatic N) is 1. The minimum Gasteiger partial charge on any atom is -0.377 e. The van der Waals surface area contributed by atoms with Crippen LogP contribution in [0.5, 0.6) is 0 Å². The Kier molecular flexibility index (Phi) is 5.84. The average Bonchev–Trinajstić information content (AvgIpc) is 2.52. The topological polar surface area (TPSA) is 34.1 Å². The molecule has 21 heavy (non-hydrogen) atoms. The van der Waals surface area contributed by atoms with Crippen LogP contribution in [0, 0.1) is 5.82 Å². The smallest absolute Gasteiger partial charge is 0.141 e. The highest BCUT2D eigenvalue weighted by atomic mass is 19.1. The van der Waals surface area contributed by atoms with Gasteiger partial charge in [0.1, 0.15) is 5.82 Å². The molecule has 2 rings (SSSR count). The van der Waals surface area contributed by atoms with Gasteiger partial charge in [-0.05, 0) is 37.1 Å². The fraction of sp³-hybridized carbons (Fsp3) is 0.353. The van der Waals surface area contributed by atoms with Gasteiger partial charge in [0.05, 0.1) is 18.5 Å². The first-order valence-electron chi connectivity index (χ1n) is 7.20. The number of hydrogen-bond donors (Lipinski definition) is 1. The van der Waals surface area contributed by atoms with Crippen molar-refractivity contribution in [2.45, 2.75) is 33.0 Å². The van der Waals surface area contributed by atoms with Gasteiger partial charge in [0.15, 0.2) is 0 Å². The Labute approximate surface area is 125 Å². The van der Waals surface area contributed by atoms with E-state index in [1.54, 1.807) is 6.07 Å². The minimum absolute atomic E-state index is 0.0609. The lowest BCUT2D eigenvalue weighted by Gasteiger charge is -2.15. The van der Waals surface area contributed by atoms with Crippen molar-refractivity contribution in [1.82, 2.24) is 10.3 Å². The van der Waals surface area contributed by atoms with E-state index < -0.39 is 0 Å². The molecule has 1 aromatic heterocycles. The number of hydrogen-bond acceptors (Lipinski definition) is 3. The van der Waals surface area contributed by atoms with Crippen molar-refractivity contribution in [3.63, 3.8) is 0 Å². The monoisotopic (exact) mass is 288 g/mol. The third-order valence-corrected chi connectivity index (χ3v) is 3.37. The van der Waals surface area contributed by atoms with Gasteiger partial charge in [0.2, 0.25) is 0 Å². The summed E-state index contributed by atoms with van der Waals surface area (Å²) in [6.45, 7) is 6.06. The summed E-state index contributed by atoms with van der Waals surface area (Å²) in [5.74, 6) is -0.312.